The number of hydrogen-bond donors (Lipinski definition) is 1. The lowest BCUT2D eigenvalue weighted by molar-refractivity contribution is -0.138. The Balaban J connectivity index is 1.41. The maximum Gasteiger partial charge on any atom is 0.416 e. The highest BCUT2D eigenvalue weighted by atomic mass is 19.4. The molecule has 5 rings (SSSR count). The van der Waals surface area contributed by atoms with Gasteiger partial charge < -0.3 is 15.4 Å². The summed E-state index contributed by atoms with van der Waals surface area (Å²) in [6.07, 6.45) is -0.377. The van der Waals surface area contributed by atoms with Crippen molar-refractivity contribution < 1.29 is 17.9 Å². The van der Waals surface area contributed by atoms with Gasteiger partial charge in [0.15, 0.2) is 5.82 Å². The lowest BCUT2D eigenvalue weighted by Crippen LogP contribution is -2.44. The summed E-state index contributed by atoms with van der Waals surface area (Å²) in [6, 6.07) is 9.44. The van der Waals surface area contributed by atoms with Crippen LogP contribution in [0.3, 0.4) is 0 Å². The summed E-state index contributed by atoms with van der Waals surface area (Å²) in [5.41, 5.74) is 8.38. The molecule has 4 aromatic rings. The zero-order valence-corrected chi connectivity index (χ0v) is 22.7. The second-order valence-corrected chi connectivity index (χ2v) is 9.99. The highest BCUT2D eigenvalue weighted by molar-refractivity contribution is 5.73. The Bertz CT molecular complexity index is 1590. The Morgan fingerprint density at radius 3 is 2.48 bits per heavy atom. The van der Waals surface area contributed by atoms with Gasteiger partial charge in [0.05, 0.1) is 5.56 Å². The van der Waals surface area contributed by atoms with Crippen LogP contribution in [0, 0.1) is 18.8 Å². The first kappa shape index (κ1) is 27.5. The molecule has 0 bridgehead atoms. The van der Waals surface area contributed by atoms with E-state index in [4.69, 9.17) is 10.5 Å². The maximum absolute atomic E-state index is 14.0. The molecule has 1 aliphatic rings. The molecule has 10 heteroatoms. The van der Waals surface area contributed by atoms with Crippen molar-refractivity contribution in [1.82, 2.24) is 24.2 Å². The number of hydrogen-bond acceptors (Lipinski definition) is 6. The number of imidazole rings is 1. The predicted molar refractivity (Wildman–Crippen MR) is 148 cm³/mol. The highest BCUT2D eigenvalue weighted by Crippen LogP contribution is 2.36. The van der Waals surface area contributed by atoms with Gasteiger partial charge in [0.2, 0.25) is 0 Å². The number of aromatic nitrogens is 3. The molecule has 2 aromatic heterocycles. The van der Waals surface area contributed by atoms with Gasteiger partial charge in [-0.3, -0.25) is 9.30 Å². The van der Waals surface area contributed by atoms with Crippen LogP contribution < -0.4 is 10.5 Å². The average Bonchev–Trinajstić information content (AvgIpc) is 3.29. The molecule has 0 atom stereocenters. The topological polar surface area (TPSA) is 71.9 Å². The van der Waals surface area contributed by atoms with Gasteiger partial charge in [-0.2, -0.15) is 13.2 Å². The van der Waals surface area contributed by atoms with Gasteiger partial charge in [0.1, 0.15) is 28.5 Å². The van der Waals surface area contributed by atoms with Crippen LogP contribution in [-0.2, 0) is 19.1 Å². The first-order chi connectivity index (χ1) is 19.1. The second-order valence-electron chi connectivity index (χ2n) is 9.99. The molecule has 2 aromatic carbocycles. The number of rotatable bonds is 5. The summed E-state index contributed by atoms with van der Waals surface area (Å²) < 4.78 is 49.8. The number of benzene rings is 2. The van der Waals surface area contributed by atoms with Gasteiger partial charge in [-0.05, 0) is 55.3 Å². The molecule has 1 saturated heterocycles. The zero-order chi connectivity index (χ0) is 28.4. The molecule has 0 aliphatic carbocycles. The zero-order valence-electron chi connectivity index (χ0n) is 22.7. The molecule has 7 nitrogen and oxygen atoms in total. The van der Waals surface area contributed by atoms with Crippen LogP contribution in [0.15, 0.2) is 48.8 Å². The predicted octanol–water partition coefficient (Wildman–Crippen LogP) is 5.14. The standard InChI is InChI=1S/C30H31F3N6O/c1-4-27-36-26(28-29(34)35-11-12-39(27)28)10-7-21-17-23(8-5-20(21)2)40-24-9-6-22(25(18-24)30(31,32)33)19-38-15-13-37(3)14-16-38/h5-6,8-9,11-12,17-18H,4,13-16,19H2,1-3H3,(H2,34,35). The Morgan fingerprint density at radius 2 is 1.75 bits per heavy atom. The molecule has 0 amide bonds. The summed E-state index contributed by atoms with van der Waals surface area (Å²) in [5.74, 6) is 7.88. The Hall–Kier alpha value is -4.07. The van der Waals surface area contributed by atoms with E-state index in [0.29, 0.717) is 34.8 Å². The van der Waals surface area contributed by atoms with Crippen LogP contribution in [-0.4, -0.2) is 57.4 Å². The molecule has 2 N–H and O–H groups in total. The van der Waals surface area contributed by atoms with Crippen molar-refractivity contribution >= 4 is 11.3 Å². The van der Waals surface area contributed by atoms with Crippen molar-refractivity contribution in [2.24, 2.45) is 0 Å². The fraction of sp³-hybridized carbons (Fsp3) is 0.333. The normalized spacial score (nSPS) is 14.8. The van der Waals surface area contributed by atoms with E-state index in [0.717, 1.165) is 43.6 Å². The number of likely N-dealkylation sites (N-methyl/N-ethyl adjacent to an activating group) is 1. The SMILES string of the molecule is CCc1nc(C#Cc2cc(Oc3ccc(CN4CCN(C)CC4)c(C(F)(F)F)c3)ccc2C)c2c(N)nccn12. The molecule has 0 saturated carbocycles. The quantitative estimate of drug-likeness (QED) is 0.348. The number of piperazine rings is 1. The van der Waals surface area contributed by atoms with Crippen molar-refractivity contribution in [3.63, 3.8) is 0 Å². The molecule has 0 spiro atoms. The number of halogens is 3. The number of nitrogens with zero attached hydrogens (tertiary/aromatic N) is 5. The minimum atomic E-state index is -4.49. The van der Waals surface area contributed by atoms with E-state index >= 15 is 0 Å². The molecular weight excluding hydrogens is 517 g/mol. The summed E-state index contributed by atoms with van der Waals surface area (Å²) in [6.45, 7) is 7.28. The molecule has 0 radical (unpaired) electrons. The highest BCUT2D eigenvalue weighted by Gasteiger charge is 2.34. The molecule has 208 valence electrons. The van der Waals surface area contributed by atoms with Crippen LogP contribution in [0.4, 0.5) is 19.0 Å². The summed E-state index contributed by atoms with van der Waals surface area (Å²) >= 11 is 0. The van der Waals surface area contributed by atoms with Crippen LogP contribution in [0.2, 0.25) is 0 Å². The van der Waals surface area contributed by atoms with E-state index in [-0.39, 0.29) is 17.9 Å². The van der Waals surface area contributed by atoms with Gasteiger partial charge >= 0.3 is 6.18 Å². The molecule has 40 heavy (non-hydrogen) atoms. The number of nitrogens with two attached hydrogens (primary N) is 1. The molecular formula is C30H31F3N6O. The lowest BCUT2D eigenvalue weighted by atomic mass is 10.1. The van der Waals surface area contributed by atoms with Crippen molar-refractivity contribution in [3.05, 3.63) is 82.6 Å². The van der Waals surface area contributed by atoms with E-state index in [1.807, 2.05) is 36.3 Å². The van der Waals surface area contributed by atoms with Crippen molar-refractivity contribution in [2.45, 2.75) is 33.0 Å². The molecule has 1 aliphatic heterocycles. The van der Waals surface area contributed by atoms with Gasteiger partial charge in [-0.15, -0.1) is 0 Å². The largest absolute Gasteiger partial charge is 0.457 e. The van der Waals surface area contributed by atoms with Crippen LogP contribution >= 0.6 is 0 Å². The van der Waals surface area contributed by atoms with E-state index in [9.17, 15) is 13.2 Å². The van der Waals surface area contributed by atoms with Crippen molar-refractivity contribution in [1.29, 1.82) is 0 Å². The number of aryl methyl sites for hydroxylation is 2. The Labute approximate surface area is 231 Å². The van der Waals surface area contributed by atoms with Crippen LogP contribution in [0.25, 0.3) is 5.52 Å². The van der Waals surface area contributed by atoms with Gasteiger partial charge in [0.25, 0.3) is 0 Å². The van der Waals surface area contributed by atoms with E-state index < -0.39 is 11.7 Å². The first-order valence-electron chi connectivity index (χ1n) is 13.2. The number of nitrogen functional groups attached to an aromatic ring is 1. The van der Waals surface area contributed by atoms with Crippen LogP contribution in [0.5, 0.6) is 11.5 Å². The number of anilines is 1. The van der Waals surface area contributed by atoms with E-state index in [2.05, 4.69) is 26.7 Å². The van der Waals surface area contributed by atoms with E-state index in [1.54, 1.807) is 30.6 Å². The summed E-state index contributed by atoms with van der Waals surface area (Å²) in [5, 5.41) is 0. The maximum atomic E-state index is 14.0. The van der Waals surface area contributed by atoms with Crippen LogP contribution in [0.1, 0.15) is 40.7 Å². The fourth-order valence-corrected chi connectivity index (χ4v) is 4.79. The first-order valence-corrected chi connectivity index (χ1v) is 13.2. The molecule has 3 heterocycles. The summed E-state index contributed by atoms with van der Waals surface area (Å²) in [7, 11) is 2.02. The number of ether oxygens (including phenoxy) is 1. The third kappa shape index (κ3) is 5.91. The Kier molecular flexibility index (Phi) is 7.70. The Morgan fingerprint density at radius 1 is 1.02 bits per heavy atom. The van der Waals surface area contributed by atoms with Gasteiger partial charge in [-0.1, -0.05) is 25.0 Å². The van der Waals surface area contributed by atoms with Gasteiger partial charge in [0, 0.05) is 57.1 Å². The minimum Gasteiger partial charge on any atom is -0.457 e. The number of fused-ring (bicyclic) bond motifs is 1. The molecule has 1 fully saturated rings. The monoisotopic (exact) mass is 548 g/mol. The van der Waals surface area contributed by atoms with E-state index in [1.165, 1.54) is 6.07 Å². The third-order valence-corrected chi connectivity index (χ3v) is 7.11. The lowest BCUT2D eigenvalue weighted by Gasteiger charge is -2.32. The van der Waals surface area contributed by atoms with Crippen molar-refractivity contribution in [2.75, 3.05) is 39.0 Å². The summed E-state index contributed by atoms with van der Waals surface area (Å²) in [4.78, 5) is 13.0. The van der Waals surface area contributed by atoms with Crippen molar-refractivity contribution in [3.8, 4) is 23.3 Å². The fourth-order valence-electron chi connectivity index (χ4n) is 4.79. The minimum absolute atomic E-state index is 0.115. The molecule has 0 unspecified atom stereocenters. The smallest absolute Gasteiger partial charge is 0.416 e. The average molecular weight is 549 g/mol. The third-order valence-electron chi connectivity index (χ3n) is 7.11. The second kappa shape index (κ2) is 11.2. The number of alkyl halides is 3. The van der Waals surface area contributed by atoms with Gasteiger partial charge in [-0.25, -0.2) is 9.97 Å².